The zero-order chi connectivity index (χ0) is 10.7. The van der Waals surface area contributed by atoms with Gasteiger partial charge in [-0.15, -0.1) is 11.3 Å². The number of aromatic nitrogens is 2. The third kappa shape index (κ3) is 2.10. The molecule has 0 aliphatic carbocycles. The van der Waals surface area contributed by atoms with E-state index < -0.39 is 5.91 Å². The third-order valence-corrected chi connectivity index (χ3v) is 2.41. The predicted octanol–water partition coefficient (Wildman–Crippen LogP) is 1.08. The van der Waals surface area contributed by atoms with Crippen LogP contribution in [0.5, 0.6) is 0 Å². The van der Waals surface area contributed by atoms with Crippen LogP contribution in [-0.2, 0) is 0 Å². The number of hydrogen-bond donors (Lipinski definition) is 2. The van der Waals surface area contributed by atoms with E-state index in [1.54, 1.807) is 11.6 Å². The monoisotopic (exact) mass is 221 g/mol. The summed E-state index contributed by atoms with van der Waals surface area (Å²) < 4.78 is 0. The second kappa shape index (κ2) is 4.05. The molecule has 5 nitrogen and oxygen atoms in total. The molecule has 0 saturated carbocycles. The molecule has 0 spiro atoms. The van der Waals surface area contributed by atoms with Gasteiger partial charge in [-0.3, -0.25) is 14.9 Å². The number of pyridine rings is 1. The van der Waals surface area contributed by atoms with E-state index in [1.165, 1.54) is 29.8 Å². The summed E-state index contributed by atoms with van der Waals surface area (Å²) in [6, 6.07) is 1.30. The number of hydrogen-bond acceptors (Lipinski definition) is 4. The summed E-state index contributed by atoms with van der Waals surface area (Å²) in [5.74, 6) is -0.452. The Bertz CT molecular complexity index is 518. The van der Waals surface area contributed by atoms with Crippen LogP contribution in [-0.4, -0.2) is 15.9 Å². The topological polar surface area (TPSA) is 74.8 Å². The molecule has 0 aliphatic heterocycles. The van der Waals surface area contributed by atoms with E-state index in [2.05, 4.69) is 15.3 Å². The minimum Gasteiger partial charge on any atom is -0.367 e. The van der Waals surface area contributed by atoms with Crippen LogP contribution in [0.25, 0.3) is 0 Å². The van der Waals surface area contributed by atoms with Gasteiger partial charge in [-0.2, -0.15) is 0 Å². The van der Waals surface area contributed by atoms with Gasteiger partial charge in [0.15, 0.2) is 10.6 Å². The predicted molar refractivity (Wildman–Crippen MR) is 57.1 cm³/mol. The molecule has 15 heavy (non-hydrogen) atoms. The highest BCUT2D eigenvalue weighted by molar-refractivity contribution is 7.13. The Balaban J connectivity index is 2.23. The Hall–Kier alpha value is -1.95. The highest BCUT2D eigenvalue weighted by Crippen LogP contribution is 2.10. The number of carbonyl (C=O) groups is 1. The number of H-pyrrole nitrogens is 1. The zero-order valence-corrected chi connectivity index (χ0v) is 8.38. The summed E-state index contributed by atoms with van der Waals surface area (Å²) in [6.45, 7) is 0. The van der Waals surface area contributed by atoms with Crippen molar-refractivity contribution in [3.05, 3.63) is 45.8 Å². The average molecular weight is 221 g/mol. The smallest absolute Gasteiger partial charge is 0.262 e. The minimum atomic E-state index is -0.452. The number of amides is 1. The van der Waals surface area contributed by atoms with Crippen LogP contribution in [0.3, 0.4) is 0 Å². The molecule has 0 aromatic carbocycles. The molecule has 2 aromatic rings. The fourth-order valence-electron chi connectivity index (χ4n) is 1.04. The first-order valence-electron chi connectivity index (χ1n) is 4.15. The maximum Gasteiger partial charge on any atom is 0.262 e. The van der Waals surface area contributed by atoms with E-state index in [1.807, 2.05) is 0 Å². The van der Waals surface area contributed by atoms with E-state index >= 15 is 0 Å². The number of nitrogens with one attached hydrogen (secondary N) is 2. The van der Waals surface area contributed by atoms with Gasteiger partial charge in [-0.25, -0.2) is 4.98 Å². The molecule has 2 rings (SSSR count). The van der Waals surface area contributed by atoms with Crippen molar-refractivity contribution in [3.8, 4) is 0 Å². The molecule has 2 aromatic heterocycles. The normalized spacial score (nSPS) is 9.87. The van der Waals surface area contributed by atoms with Gasteiger partial charge in [-0.1, -0.05) is 0 Å². The molecule has 0 unspecified atom stereocenters. The van der Waals surface area contributed by atoms with Gasteiger partial charge in [0, 0.05) is 30.0 Å². The molecular weight excluding hydrogens is 214 g/mol. The minimum absolute atomic E-state index is 0.0766. The van der Waals surface area contributed by atoms with Gasteiger partial charge in [0.05, 0.1) is 0 Å². The number of nitrogens with zero attached hydrogens (tertiary/aromatic N) is 1. The molecule has 1 amide bonds. The maximum absolute atomic E-state index is 11.6. The molecule has 0 fully saturated rings. The van der Waals surface area contributed by atoms with Crippen LogP contribution >= 0.6 is 11.3 Å². The SMILES string of the molecule is O=C(Nc1nccs1)c1c[nH]ccc1=O. The molecule has 0 bridgehead atoms. The number of aromatic amines is 1. The van der Waals surface area contributed by atoms with Crippen LogP contribution in [0.1, 0.15) is 10.4 Å². The Morgan fingerprint density at radius 1 is 1.53 bits per heavy atom. The summed E-state index contributed by atoms with van der Waals surface area (Å²) in [7, 11) is 0. The van der Waals surface area contributed by atoms with E-state index in [0.29, 0.717) is 5.13 Å². The highest BCUT2D eigenvalue weighted by Gasteiger charge is 2.10. The first kappa shape index (κ1) is 9.60. The van der Waals surface area contributed by atoms with Crippen LogP contribution in [0.15, 0.2) is 34.8 Å². The molecule has 76 valence electrons. The lowest BCUT2D eigenvalue weighted by atomic mass is 10.2. The van der Waals surface area contributed by atoms with E-state index in [-0.39, 0.29) is 11.0 Å². The van der Waals surface area contributed by atoms with Gasteiger partial charge in [0.25, 0.3) is 5.91 Å². The lowest BCUT2D eigenvalue weighted by Gasteiger charge is -1.99. The lowest BCUT2D eigenvalue weighted by Crippen LogP contribution is -2.20. The molecule has 0 radical (unpaired) electrons. The highest BCUT2D eigenvalue weighted by atomic mass is 32.1. The van der Waals surface area contributed by atoms with Crippen LogP contribution in [0.4, 0.5) is 5.13 Å². The molecule has 6 heteroatoms. The van der Waals surface area contributed by atoms with E-state index in [4.69, 9.17) is 0 Å². The number of thiazole rings is 1. The van der Waals surface area contributed by atoms with E-state index in [0.717, 1.165) is 0 Å². The standard InChI is InChI=1S/C9H7N3O2S/c13-7-1-2-10-5-6(7)8(14)12-9-11-3-4-15-9/h1-5H,(H,10,13)(H,11,12,14). The first-order chi connectivity index (χ1) is 7.27. The summed E-state index contributed by atoms with van der Waals surface area (Å²) in [5.41, 5.74) is -0.240. The van der Waals surface area contributed by atoms with Crippen molar-refractivity contribution >= 4 is 22.4 Å². The fraction of sp³-hybridized carbons (Fsp3) is 0. The van der Waals surface area contributed by atoms with Crippen LogP contribution < -0.4 is 10.7 Å². The van der Waals surface area contributed by atoms with Gasteiger partial charge >= 0.3 is 0 Å². The Morgan fingerprint density at radius 2 is 2.40 bits per heavy atom. The van der Waals surface area contributed by atoms with Crippen LogP contribution in [0, 0.1) is 0 Å². The summed E-state index contributed by atoms with van der Waals surface area (Å²) in [5, 5.41) is 4.74. The van der Waals surface area contributed by atoms with Crippen molar-refractivity contribution in [1.82, 2.24) is 9.97 Å². The summed E-state index contributed by atoms with van der Waals surface area (Å²) >= 11 is 1.30. The van der Waals surface area contributed by atoms with Gasteiger partial charge < -0.3 is 4.98 Å². The van der Waals surface area contributed by atoms with Crippen LogP contribution in [0.2, 0.25) is 0 Å². The first-order valence-corrected chi connectivity index (χ1v) is 5.03. The van der Waals surface area contributed by atoms with Crippen molar-refractivity contribution < 1.29 is 4.79 Å². The largest absolute Gasteiger partial charge is 0.367 e. The van der Waals surface area contributed by atoms with Crippen molar-refractivity contribution in [1.29, 1.82) is 0 Å². The summed E-state index contributed by atoms with van der Waals surface area (Å²) in [4.78, 5) is 29.4. The molecule has 0 aliphatic rings. The Labute approximate surface area is 88.8 Å². The van der Waals surface area contributed by atoms with Crippen molar-refractivity contribution in [2.75, 3.05) is 5.32 Å². The van der Waals surface area contributed by atoms with Gasteiger partial charge in [-0.05, 0) is 0 Å². The van der Waals surface area contributed by atoms with Crippen molar-refractivity contribution in [2.24, 2.45) is 0 Å². The molecule has 0 saturated heterocycles. The van der Waals surface area contributed by atoms with Gasteiger partial charge in [0.2, 0.25) is 0 Å². The molecule has 0 atom stereocenters. The molecule has 2 heterocycles. The second-order valence-electron chi connectivity index (χ2n) is 2.71. The Kier molecular flexibility index (Phi) is 2.59. The average Bonchev–Trinajstić information content (AvgIpc) is 2.71. The summed E-state index contributed by atoms with van der Waals surface area (Å²) in [6.07, 6.45) is 4.42. The maximum atomic E-state index is 11.6. The molecule has 2 N–H and O–H groups in total. The Morgan fingerprint density at radius 3 is 3.07 bits per heavy atom. The second-order valence-corrected chi connectivity index (χ2v) is 3.61. The zero-order valence-electron chi connectivity index (χ0n) is 7.56. The lowest BCUT2D eigenvalue weighted by molar-refractivity contribution is 0.102. The van der Waals surface area contributed by atoms with Crippen molar-refractivity contribution in [2.45, 2.75) is 0 Å². The third-order valence-electron chi connectivity index (χ3n) is 1.72. The molecular formula is C9H7N3O2S. The quantitative estimate of drug-likeness (QED) is 0.796. The number of anilines is 1. The van der Waals surface area contributed by atoms with Gasteiger partial charge in [0.1, 0.15) is 5.56 Å². The number of rotatable bonds is 2. The van der Waals surface area contributed by atoms with Crippen molar-refractivity contribution in [3.63, 3.8) is 0 Å². The fourth-order valence-corrected chi connectivity index (χ4v) is 1.57. The number of carbonyl (C=O) groups excluding carboxylic acids is 1. The van der Waals surface area contributed by atoms with E-state index in [9.17, 15) is 9.59 Å².